The van der Waals surface area contributed by atoms with E-state index >= 15 is 0 Å². The summed E-state index contributed by atoms with van der Waals surface area (Å²) in [7, 11) is -2.45. The lowest BCUT2D eigenvalue weighted by atomic mass is 10.0. The quantitative estimate of drug-likeness (QED) is 0.579. The Labute approximate surface area is 176 Å². The van der Waals surface area contributed by atoms with Crippen molar-refractivity contribution in [2.45, 2.75) is 43.2 Å². The summed E-state index contributed by atoms with van der Waals surface area (Å²) in [4.78, 5) is 15.5. The van der Waals surface area contributed by atoms with E-state index in [-0.39, 0.29) is 10.6 Å². The standard InChI is InChI=1S/C21H26N4O4S/c1-15-13-16-5-3-4-6-19(16)24(15)17-9-11-23(12-10-17)20-8-7-18(30(28,29)22-2)14-21(20)25(26)27/h3-8,14-15,17,22H,9-13H2,1-2H3/t15-/m1/s1. The predicted molar refractivity (Wildman–Crippen MR) is 117 cm³/mol. The molecular formula is C21H26N4O4S. The number of benzene rings is 2. The molecule has 0 bridgehead atoms. The molecule has 9 heteroatoms. The molecule has 8 nitrogen and oxygen atoms in total. The van der Waals surface area contributed by atoms with Gasteiger partial charge in [0.25, 0.3) is 5.69 Å². The Balaban J connectivity index is 1.54. The summed E-state index contributed by atoms with van der Waals surface area (Å²) in [5, 5.41) is 11.6. The fourth-order valence-electron chi connectivity index (χ4n) is 4.73. The van der Waals surface area contributed by atoms with Crippen LogP contribution >= 0.6 is 0 Å². The first-order valence-electron chi connectivity index (χ1n) is 10.1. The van der Waals surface area contributed by atoms with Crippen LogP contribution in [0.25, 0.3) is 0 Å². The molecule has 2 aliphatic rings. The summed E-state index contributed by atoms with van der Waals surface area (Å²) in [5.74, 6) is 0. The number of hydrogen-bond donors (Lipinski definition) is 1. The van der Waals surface area contributed by atoms with Crippen LogP contribution in [0.2, 0.25) is 0 Å². The van der Waals surface area contributed by atoms with Gasteiger partial charge in [0.05, 0.1) is 9.82 Å². The van der Waals surface area contributed by atoms with Crippen LogP contribution in [0.15, 0.2) is 47.4 Å². The van der Waals surface area contributed by atoms with E-state index < -0.39 is 14.9 Å². The van der Waals surface area contributed by atoms with Crippen LogP contribution in [-0.2, 0) is 16.4 Å². The van der Waals surface area contributed by atoms with Crippen LogP contribution in [0.4, 0.5) is 17.1 Å². The Morgan fingerprint density at radius 1 is 1.10 bits per heavy atom. The highest BCUT2D eigenvalue weighted by atomic mass is 32.2. The van der Waals surface area contributed by atoms with Gasteiger partial charge in [0.2, 0.25) is 10.0 Å². The largest absolute Gasteiger partial charge is 0.366 e. The van der Waals surface area contributed by atoms with E-state index in [1.807, 2.05) is 4.90 Å². The monoisotopic (exact) mass is 430 g/mol. The fourth-order valence-corrected chi connectivity index (χ4v) is 5.48. The van der Waals surface area contributed by atoms with Gasteiger partial charge in [-0.25, -0.2) is 13.1 Å². The first-order valence-corrected chi connectivity index (χ1v) is 11.6. The molecule has 1 fully saturated rings. The molecule has 0 spiro atoms. The van der Waals surface area contributed by atoms with E-state index in [1.165, 1.54) is 24.4 Å². The van der Waals surface area contributed by atoms with Gasteiger partial charge >= 0.3 is 0 Å². The number of para-hydroxylation sites is 1. The molecule has 1 N–H and O–H groups in total. The number of anilines is 2. The smallest absolute Gasteiger partial charge is 0.293 e. The summed E-state index contributed by atoms with van der Waals surface area (Å²) in [6, 6.07) is 13.5. The molecule has 1 atom stereocenters. The number of nitrogens with one attached hydrogen (secondary N) is 1. The number of nitro benzene ring substituents is 1. The second kappa shape index (κ2) is 7.88. The average molecular weight is 431 g/mol. The highest BCUT2D eigenvalue weighted by Gasteiger charge is 2.34. The van der Waals surface area contributed by atoms with Crippen molar-refractivity contribution >= 4 is 27.1 Å². The summed E-state index contributed by atoms with van der Waals surface area (Å²) in [6.07, 6.45) is 2.84. The normalized spacial score (nSPS) is 19.7. The molecule has 1 saturated heterocycles. The third-order valence-electron chi connectivity index (χ3n) is 6.18. The number of hydrogen-bond acceptors (Lipinski definition) is 6. The van der Waals surface area contributed by atoms with Gasteiger partial charge in [0.1, 0.15) is 5.69 Å². The summed E-state index contributed by atoms with van der Waals surface area (Å²) in [6.45, 7) is 3.63. The predicted octanol–water partition coefficient (Wildman–Crippen LogP) is 2.92. The van der Waals surface area contributed by atoms with E-state index in [0.29, 0.717) is 30.9 Å². The van der Waals surface area contributed by atoms with Crippen LogP contribution in [0.3, 0.4) is 0 Å². The SMILES string of the molecule is CNS(=O)(=O)c1ccc(N2CCC(N3c4ccccc4C[C@H]3C)CC2)c([N+](=O)[O-])c1. The second-order valence-corrected chi connectivity index (χ2v) is 9.81. The Kier molecular flexibility index (Phi) is 5.42. The topological polar surface area (TPSA) is 95.8 Å². The lowest BCUT2D eigenvalue weighted by Crippen LogP contribution is -2.47. The van der Waals surface area contributed by atoms with Crippen LogP contribution in [0.1, 0.15) is 25.3 Å². The van der Waals surface area contributed by atoms with Crippen molar-refractivity contribution in [3.05, 3.63) is 58.1 Å². The summed E-state index contributed by atoms with van der Waals surface area (Å²) in [5.41, 5.74) is 2.98. The number of sulfonamides is 1. The van der Waals surface area contributed by atoms with Crippen LogP contribution in [0, 0.1) is 10.1 Å². The zero-order valence-electron chi connectivity index (χ0n) is 17.1. The molecule has 160 valence electrons. The van der Waals surface area contributed by atoms with Crippen molar-refractivity contribution in [3.8, 4) is 0 Å². The van der Waals surface area contributed by atoms with E-state index in [1.54, 1.807) is 6.07 Å². The van der Waals surface area contributed by atoms with Gasteiger partial charge in [-0.2, -0.15) is 0 Å². The van der Waals surface area contributed by atoms with Crippen molar-refractivity contribution in [1.29, 1.82) is 0 Å². The van der Waals surface area contributed by atoms with E-state index in [2.05, 4.69) is 40.8 Å². The van der Waals surface area contributed by atoms with E-state index in [0.717, 1.165) is 25.3 Å². The van der Waals surface area contributed by atoms with Crippen molar-refractivity contribution in [2.24, 2.45) is 0 Å². The number of fused-ring (bicyclic) bond motifs is 1. The zero-order chi connectivity index (χ0) is 21.5. The minimum atomic E-state index is -3.74. The molecule has 2 aromatic rings. The zero-order valence-corrected chi connectivity index (χ0v) is 17.9. The van der Waals surface area contributed by atoms with Crippen molar-refractivity contribution in [2.75, 3.05) is 29.9 Å². The van der Waals surface area contributed by atoms with Gasteiger partial charge in [0, 0.05) is 36.9 Å². The molecule has 2 aromatic carbocycles. The van der Waals surface area contributed by atoms with Crippen molar-refractivity contribution in [3.63, 3.8) is 0 Å². The third kappa shape index (κ3) is 3.63. The molecule has 0 aliphatic carbocycles. The van der Waals surface area contributed by atoms with Crippen LogP contribution < -0.4 is 14.5 Å². The van der Waals surface area contributed by atoms with Gasteiger partial charge in [-0.05, 0) is 57.0 Å². The number of piperidine rings is 1. The molecule has 2 heterocycles. The van der Waals surface area contributed by atoms with Gasteiger partial charge in [0.15, 0.2) is 0 Å². The Morgan fingerprint density at radius 2 is 1.80 bits per heavy atom. The minimum absolute atomic E-state index is 0.0992. The van der Waals surface area contributed by atoms with Gasteiger partial charge in [-0.15, -0.1) is 0 Å². The molecule has 4 rings (SSSR count). The molecule has 0 aromatic heterocycles. The Bertz CT molecular complexity index is 1060. The lowest BCUT2D eigenvalue weighted by molar-refractivity contribution is -0.384. The number of rotatable bonds is 5. The van der Waals surface area contributed by atoms with Crippen LogP contribution in [-0.4, -0.2) is 45.6 Å². The molecule has 0 amide bonds. The maximum Gasteiger partial charge on any atom is 0.293 e. The number of nitrogens with zero attached hydrogens (tertiary/aromatic N) is 3. The molecule has 0 saturated carbocycles. The molecule has 2 aliphatic heterocycles. The van der Waals surface area contributed by atoms with Crippen molar-refractivity contribution < 1.29 is 13.3 Å². The van der Waals surface area contributed by atoms with E-state index in [9.17, 15) is 18.5 Å². The van der Waals surface area contributed by atoms with E-state index in [4.69, 9.17) is 0 Å². The number of nitro groups is 1. The van der Waals surface area contributed by atoms with Crippen molar-refractivity contribution in [1.82, 2.24) is 4.72 Å². The maximum atomic E-state index is 12.0. The van der Waals surface area contributed by atoms with Crippen LogP contribution in [0.5, 0.6) is 0 Å². The summed E-state index contributed by atoms with van der Waals surface area (Å²) >= 11 is 0. The lowest BCUT2D eigenvalue weighted by Gasteiger charge is -2.41. The Morgan fingerprint density at radius 3 is 2.47 bits per heavy atom. The minimum Gasteiger partial charge on any atom is -0.366 e. The fraction of sp³-hybridized carbons (Fsp3) is 0.429. The molecular weight excluding hydrogens is 404 g/mol. The molecule has 30 heavy (non-hydrogen) atoms. The highest BCUT2D eigenvalue weighted by Crippen LogP contribution is 2.38. The van der Waals surface area contributed by atoms with Gasteiger partial charge in [-0.3, -0.25) is 10.1 Å². The first-order chi connectivity index (χ1) is 14.3. The second-order valence-electron chi connectivity index (χ2n) is 7.92. The Hall–Kier alpha value is -2.65. The van der Waals surface area contributed by atoms with Gasteiger partial charge < -0.3 is 9.80 Å². The van der Waals surface area contributed by atoms with Gasteiger partial charge in [-0.1, -0.05) is 18.2 Å². The third-order valence-corrected chi connectivity index (χ3v) is 7.59. The first kappa shape index (κ1) is 20.6. The molecule has 0 unspecified atom stereocenters. The highest BCUT2D eigenvalue weighted by molar-refractivity contribution is 7.89. The maximum absolute atomic E-state index is 12.0. The summed E-state index contributed by atoms with van der Waals surface area (Å²) < 4.78 is 26.3. The average Bonchev–Trinajstić information content (AvgIpc) is 3.09. The molecule has 0 radical (unpaired) electrons.